The van der Waals surface area contributed by atoms with E-state index in [2.05, 4.69) is 39.5 Å². The van der Waals surface area contributed by atoms with Crippen molar-refractivity contribution in [2.24, 2.45) is 0 Å². The minimum atomic E-state index is -0.111. The van der Waals surface area contributed by atoms with Gasteiger partial charge in [0, 0.05) is 12.1 Å². The Balaban J connectivity index is 0. The standard InChI is InChI=1S/C8H17ClN.ClH/c1-6(2)10(7(3)4)8(5)9;/h6-8H,5H2,1-4H3;1H. The highest BCUT2D eigenvalue weighted by molar-refractivity contribution is 6.20. The molecule has 0 fully saturated rings. The molecule has 0 aliphatic carbocycles. The van der Waals surface area contributed by atoms with Crippen LogP contribution in [0.2, 0.25) is 0 Å². The maximum atomic E-state index is 5.85. The smallest absolute Gasteiger partial charge is 0.0855 e. The quantitative estimate of drug-likeness (QED) is 0.499. The van der Waals surface area contributed by atoms with Crippen molar-refractivity contribution in [3.05, 3.63) is 6.92 Å². The Hall–Kier alpha value is 0.540. The highest BCUT2D eigenvalue weighted by Crippen LogP contribution is 2.12. The fraction of sp³-hybridized carbons (Fsp3) is 0.875. The van der Waals surface area contributed by atoms with Gasteiger partial charge < -0.3 is 0 Å². The second-order valence-electron chi connectivity index (χ2n) is 3.07. The molecule has 1 atom stereocenters. The molecule has 0 saturated carbocycles. The molecular weight excluding hydrogens is 181 g/mol. The van der Waals surface area contributed by atoms with E-state index in [-0.39, 0.29) is 17.9 Å². The zero-order chi connectivity index (χ0) is 8.31. The summed E-state index contributed by atoms with van der Waals surface area (Å²) in [6.07, 6.45) is 0. The molecule has 0 saturated heterocycles. The summed E-state index contributed by atoms with van der Waals surface area (Å²) < 4.78 is 0. The van der Waals surface area contributed by atoms with Crippen LogP contribution in [-0.2, 0) is 0 Å². The summed E-state index contributed by atoms with van der Waals surface area (Å²) in [5, 5.41) is 0. The molecule has 0 amide bonds. The van der Waals surface area contributed by atoms with E-state index in [9.17, 15) is 0 Å². The van der Waals surface area contributed by atoms with E-state index in [1.165, 1.54) is 0 Å². The normalized spacial score (nSPS) is 13.9. The Morgan fingerprint density at radius 2 is 1.36 bits per heavy atom. The molecule has 0 rings (SSSR count). The molecule has 1 radical (unpaired) electrons. The van der Waals surface area contributed by atoms with Crippen LogP contribution in [0.15, 0.2) is 0 Å². The maximum absolute atomic E-state index is 5.85. The van der Waals surface area contributed by atoms with Gasteiger partial charge in [0.1, 0.15) is 0 Å². The lowest BCUT2D eigenvalue weighted by Crippen LogP contribution is -2.41. The molecule has 0 heterocycles. The summed E-state index contributed by atoms with van der Waals surface area (Å²) in [7, 11) is 0. The summed E-state index contributed by atoms with van der Waals surface area (Å²) in [6, 6.07) is 0.944. The first kappa shape index (κ1) is 14.1. The summed E-state index contributed by atoms with van der Waals surface area (Å²) in [5.74, 6) is 0. The van der Waals surface area contributed by atoms with Crippen molar-refractivity contribution in [2.45, 2.75) is 45.3 Å². The van der Waals surface area contributed by atoms with E-state index in [1.807, 2.05) is 0 Å². The van der Waals surface area contributed by atoms with Crippen molar-refractivity contribution >= 4 is 24.0 Å². The number of nitrogens with zero attached hydrogens (tertiary/aromatic N) is 1. The minimum absolute atomic E-state index is 0. The molecule has 0 aliphatic rings. The molecular formula is C8H18Cl2N. The first-order chi connectivity index (χ1) is 4.46. The van der Waals surface area contributed by atoms with E-state index < -0.39 is 0 Å². The van der Waals surface area contributed by atoms with Crippen LogP contribution in [0.1, 0.15) is 27.7 Å². The molecule has 0 N–H and O–H groups in total. The van der Waals surface area contributed by atoms with Crippen molar-refractivity contribution in [3.8, 4) is 0 Å². The topological polar surface area (TPSA) is 3.24 Å². The first-order valence-electron chi connectivity index (χ1n) is 3.71. The third-order valence-electron chi connectivity index (χ3n) is 1.52. The molecule has 0 aliphatic heterocycles. The SMILES string of the molecule is Cl.[CH2]C(Cl)N(C(C)C)C(C)C. The highest BCUT2D eigenvalue weighted by atomic mass is 35.5. The van der Waals surface area contributed by atoms with Gasteiger partial charge in [0.2, 0.25) is 0 Å². The molecule has 1 nitrogen and oxygen atoms in total. The van der Waals surface area contributed by atoms with Gasteiger partial charge in [-0.25, -0.2) is 0 Å². The van der Waals surface area contributed by atoms with E-state index >= 15 is 0 Å². The summed E-state index contributed by atoms with van der Waals surface area (Å²) >= 11 is 5.85. The van der Waals surface area contributed by atoms with Gasteiger partial charge in [0.25, 0.3) is 0 Å². The van der Waals surface area contributed by atoms with Crippen LogP contribution >= 0.6 is 24.0 Å². The van der Waals surface area contributed by atoms with Crippen LogP contribution in [0.25, 0.3) is 0 Å². The summed E-state index contributed by atoms with van der Waals surface area (Å²) in [5.41, 5.74) is -0.111. The van der Waals surface area contributed by atoms with Crippen molar-refractivity contribution in [1.82, 2.24) is 4.90 Å². The molecule has 0 aromatic heterocycles. The Morgan fingerprint density at radius 3 is 1.36 bits per heavy atom. The highest BCUT2D eigenvalue weighted by Gasteiger charge is 2.17. The van der Waals surface area contributed by atoms with Gasteiger partial charge in [-0.3, -0.25) is 4.90 Å². The van der Waals surface area contributed by atoms with Crippen molar-refractivity contribution in [3.63, 3.8) is 0 Å². The van der Waals surface area contributed by atoms with Gasteiger partial charge in [0.15, 0.2) is 0 Å². The molecule has 1 unspecified atom stereocenters. The average Bonchev–Trinajstić information content (AvgIpc) is 1.59. The maximum Gasteiger partial charge on any atom is 0.0855 e. The third-order valence-corrected chi connectivity index (χ3v) is 1.74. The average molecular weight is 199 g/mol. The molecule has 3 heteroatoms. The van der Waals surface area contributed by atoms with E-state index in [0.29, 0.717) is 12.1 Å². The zero-order valence-electron chi connectivity index (χ0n) is 7.67. The van der Waals surface area contributed by atoms with Gasteiger partial charge in [0.05, 0.1) is 5.50 Å². The molecule has 69 valence electrons. The molecule has 0 spiro atoms. The van der Waals surface area contributed by atoms with Crippen LogP contribution in [0, 0.1) is 6.92 Å². The fourth-order valence-electron chi connectivity index (χ4n) is 1.24. The lowest BCUT2D eigenvalue weighted by molar-refractivity contribution is 0.176. The number of hydrogen-bond donors (Lipinski definition) is 0. The Morgan fingerprint density at radius 1 is 1.09 bits per heavy atom. The summed E-state index contributed by atoms with van der Waals surface area (Å²) in [4.78, 5) is 2.15. The zero-order valence-corrected chi connectivity index (χ0v) is 9.25. The van der Waals surface area contributed by atoms with Crippen LogP contribution in [-0.4, -0.2) is 22.5 Å². The van der Waals surface area contributed by atoms with Crippen LogP contribution < -0.4 is 0 Å². The largest absolute Gasteiger partial charge is 0.283 e. The number of halogens is 2. The van der Waals surface area contributed by atoms with Gasteiger partial charge in [-0.1, -0.05) is 0 Å². The lowest BCUT2D eigenvalue weighted by Gasteiger charge is -2.32. The first-order valence-corrected chi connectivity index (χ1v) is 4.15. The number of alkyl halides is 1. The Kier molecular flexibility index (Phi) is 7.81. The minimum Gasteiger partial charge on any atom is -0.283 e. The fourth-order valence-corrected chi connectivity index (χ4v) is 1.69. The second-order valence-corrected chi connectivity index (χ2v) is 3.57. The molecule has 0 aromatic carbocycles. The van der Waals surface area contributed by atoms with Crippen LogP contribution in [0.5, 0.6) is 0 Å². The van der Waals surface area contributed by atoms with Gasteiger partial charge >= 0.3 is 0 Å². The predicted octanol–water partition coefficient (Wildman–Crippen LogP) is 2.93. The number of rotatable bonds is 3. The van der Waals surface area contributed by atoms with Gasteiger partial charge in [-0.2, -0.15) is 0 Å². The Labute approximate surface area is 81.5 Å². The van der Waals surface area contributed by atoms with Crippen molar-refractivity contribution in [2.75, 3.05) is 0 Å². The number of hydrogen-bond acceptors (Lipinski definition) is 1. The molecule has 11 heavy (non-hydrogen) atoms. The van der Waals surface area contributed by atoms with Crippen LogP contribution in [0.3, 0.4) is 0 Å². The van der Waals surface area contributed by atoms with E-state index in [0.717, 1.165) is 0 Å². The summed E-state index contributed by atoms with van der Waals surface area (Å²) in [6.45, 7) is 12.3. The van der Waals surface area contributed by atoms with E-state index in [1.54, 1.807) is 0 Å². The van der Waals surface area contributed by atoms with Crippen molar-refractivity contribution in [1.29, 1.82) is 0 Å². The monoisotopic (exact) mass is 198 g/mol. The Bertz CT molecular complexity index is 73.1. The van der Waals surface area contributed by atoms with Crippen molar-refractivity contribution < 1.29 is 0 Å². The third kappa shape index (κ3) is 4.89. The van der Waals surface area contributed by atoms with Gasteiger partial charge in [-0.05, 0) is 34.6 Å². The van der Waals surface area contributed by atoms with Crippen LogP contribution in [0.4, 0.5) is 0 Å². The van der Waals surface area contributed by atoms with E-state index in [4.69, 9.17) is 11.6 Å². The molecule has 0 aromatic rings. The van der Waals surface area contributed by atoms with Gasteiger partial charge in [-0.15, -0.1) is 24.0 Å². The predicted molar refractivity (Wildman–Crippen MR) is 54.4 cm³/mol. The lowest BCUT2D eigenvalue weighted by atomic mass is 10.2. The molecule has 0 bridgehead atoms. The second kappa shape index (κ2) is 6.10.